The summed E-state index contributed by atoms with van der Waals surface area (Å²) in [5, 5.41) is 0. The summed E-state index contributed by atoms with van der Waals surface area (Å²) in [6.07, 6.45) is 0. The minimum Gasteiger partial charge on any atom is -0.494 e. The van der Waals surface area contributed by atoms with Crippen LogP contribution in [0.15, 0.2) is 55.1 Å². The number of ether oxygens (including phenoxy) is 1. The van der Waals surface area contributed by atoms with Gasteiger partial charge < -0.3 is 4.74 Å². The van der Waals surface area contributed by atoms with E-state index in [1.165, 1.54) is 16.7 Å². The molecule has 0 aliphatic rings. The van der Waals surface area contributed by atoms with Crippen LogP contribution in [0.2, 0.25) is 0 Å². The third-order valence-corrected chi connectivity index (χ3v) is 2.85. The van der Waals surface area contributed by atoms with E-state index in [0.29, 0.717) is 6.61 Å². The fourth-order valence-corrected chi connectivity index (χ4v) is 1.95. The lowest BCUT2D eigenvalue weighted by atomic mass is 10.0. The Bertz CT molecular complexity index is 555. The smallest absolute Gasteiger partial charge is 0.119 e. The molecule has 0 radical (unpaired) electrons. The third kappa shape index (κ3) is 2.80. The Morgan fingerprint density at radius 3 is 2.39 bits per heavy atom. The van der Waals surface area contributed by atoms with Crippen molar-refractivity contribution >= 4 is 5.76 Å². The quantitative estimate of drug-likeness (QED) is 0.703. The van der Waals surface area contributed by atoms with Gasteiger partial charge in [0.1, 0.15) is 5.76 Å². The molecule has 2 rings (SSSR count). The predicted molar refractivity (Wildman–Crippen MR) is 77.3 cm³/mol. The van der Waals surface area contributed by atoms with Gasteiger partial charge in [-0.15, -0.1) is 0 Å². The van der Waals surface area contributed by atoms with Crippen molar-refractivity contribution in [3.05, 3.63) is 66.2 Å². The van der Waals surface area contributed by atoms with Crippen molar-refractivity contribution in [1.29, 1.82) is 0 Å². The molecule has 1 heteroatoms. The SMILES string of the molecule is C=C(OCC)c1cccc(-c2cccc(C)c2)c1. The topological polar surface area (TPSA) is 9.23 Å². The zero-order valence-electron chi connectivity index (χ0n) is 10.9. The molecule has 0 bridgehead atoms. The second-order valence-electron chi connectivity index (χ2n) is 4.31. The van der Waals surface area contributed by atoms with Crippen molar-refractivity contribution in [3.63, 3.8) is 0 Å². The fraction of sp³-hybridized carbons (Fsp3) is 0.176. The Balaban J connectivity index is 2.35. The standard InChI is InChI=1S/C17H18O/c1-4-18-14(3)15-8-6-10-17(12-15)16-9-5-7-13(2)11-16/h5-12H,3-4H2,1-2H3. The molecule has 92 valence electrons. The van der Waals surface area contributed by atoms with Gasteiger partial charge in [-0.3, -0.25) is 0 Å². The number of aryl methyl sites for hydroxylation is 1. The van der Waals surface area contributed by atoms with Crippen molar-refractivity contribution < 1.29 is 4.74 Å². The summed E-state index contributed by atoms with van der Waals surface area (Å²) in [5.74, 6) is 0.729. The van der Waals surface area contributed by atoms with Gasteiger partial charge in [0.2, 0.25) is 0 Å². The molecule has 0 heterocycles. The summed E-state index contributed by atoms with van der Waals surface area (Å²) in [6, 6.07) is 16.8. The minimum atomic E-state index is 0.646. The van der Waals surface area contributed by atoms with Gasteiger partial charge in [0.05, 0.1) is 6.61 Å². The van der Waals surface area contributed by atoms with Gasteiger partial charge in [0, 0.05) is 5.56 Å². The van der Waals surface area contributed by atoms with E-state index in [2.05, 4.69) is 49.9 Å². The van der Waals surface area contributed by atoms with Gasteiger partial charge in [0.15, 0.2) is 0 Å². The molecule has 0 unspecified atom stereocenters. The number of benzene rings is 2. The molecule has 18 heavy (non-hydrogen) atoms. The van der Waals surface area contributed by atoms with Crippen LogP contribution >= 0.6 is 0 Å². The highest BCUT2D eigenvalue weighted by Crippen LogP contribution is 2.24. The zero-order valence-corrected chi connectivity index (χ0v) is 10.9. The van der Waals surface area contributed by atoms with Crippen LogP contribution in [0.25, 0.3) is 16.9 Å². The molecule has 0 saturated heterocycles. The van der Waals surface area contributed by atoms with Crippen LogP contribution in [-0.4, -0.2) is 6.61 Å². The molecule has 0 aliphatic carbocycles. The van der Waals surface area contributed by atoms with E-state index in [1.807, 2.05) is 19.1 Å². The first-order valence-electron chi connectivity index (χ1n) is 6.20. The molecule has 0 aliphatic heterocycles. The van der Waals surface area contributed by atoms with Gasteiger partial charge in [-0.2, -0.15) is 0 Å². The highest BCUT2D eigenvalue weighted by Gasteiger charge is 2.02. The van der Waals surface area contributed by atoms with Crippen molar-refractivity contribution in [3.8, 4) is 11.1 Å². The van der Waals surface area contributed by atoms with Gasteiger partial charge in [-0.25, -0.2) is 0 Å². The summed E-state index contributed by atoms with van der Waals surface area (Å²) in [6.45, 7) is 8.66. The van der Waals surface area contributed by atoms with E-state index < -0.39 is 0 Å². The maximum Gasteiger partial charge on any atom is 0.119 e. The molecule has 0 fully saturated rings. The average molecular weight is 238 g/mol. The van der Waals surface area contributed by atoms with E-state index in [-0.39, 0.29) is 0 Å². The van der Waals surface area contributed by atoms with E-state index in [9.17, 15) is 0 Å². The van der Waals surface area contributed by atoms with Crippen LogP contribution in [0.4, 0.5) is 0 Å². The van der Waals surface area contributed by atoms with E-state index in [4.69, 9.17) is 4.74 Å². The average Bonchev–Trinajstić information content (AvgIpc) is 2.39. The Labute approximate surface area is 109 Å². The minimum absolute atomic E-state index is 0.646. The molecule has 1 nitrogen and oxygen atoms in total. The molecular formula is C17H18O. The van der Waals surface area contributed by atoms with Crippen LogP contribution in [0.1, 0.15) is 18.1 Å². The van der Waals surface area contributed by atoms with Crippen molar-refractivity contribution in [1.82, 2.24) is 0 Å². The van der Waals surface area contributed by atoms with Crippen LogP contribution in [0.3, 0.4) is 0 Å². The first-order valence-corrected chi connectivity index (χ1v) is 6.20. The number of hydrogen-bond acceptors (Lipinski definition) is 1. The van der Waals surface area contributed by atoms with Crippen LogP contribution in [-0.2, 0) is 4.74 Å². The van der Waals surface area contributed by atoms with Crippen molar-refractivity contribution in [2.45, 2.75) is 13.8 Å². The highest BCUT2D eigenvalue weighted by atomic mass is 16.5. The molecule has 0 spiro atoms. The lowest BCUT2D eigenvalue weighted by Gasteiger charge is -2.09. The van der Waals surface area contributed by atoms with Gasteiger partial charge in [-0.05, 0) is 31.0 Å². The molecular weight excluding hydrogens is 220 g/mol. The van der Waals surface area contributed by atoms with E-state index in [0.717, 1.165) is 11.3 Å². The summed E-state index contributed by atoms with van der Waals surface area (Å²) in [7, 11) is 0. The molecule has 0 aromatic heterocycles. The first kappa shape index (κ1) is 12.4. The summed E-state index contributed by atoms with van der Waals surface area (Å²) < 4.78 is 5.45. The Morgan fingerprint density at radius 2 is 1.72 bits per heavy atom. The molecule has 0 N–H and O–H groups in total. The molecule has 2 aromatic carbocycles. The first-order chi connectivity index (χ1) is 8.70. The molecule has 0 saturated carbocycles. The summed E-state index contributed by atoms with van der Waals surface area (Å²) >= 11 is 0. The van der Waals surface area contributed by atoms with Gasteiger partial charge in [-0.1, -0.05) is 54.6 Å². The molecule has 0 atom stereocenters. The lowest BCUT2D eigenvalue weighted by Crippen LogP contribution is -1.90. The molecule has 0 amide bonds. The second kappa shape index (κ2) is 5.54. The maximum atomic E-state index is 5.45. The lowest BCUT2D eigenvalue weighted by molar-refractivity contribution is 0.299. The number of hydrogen-bond donors (Lipinski definition) is 0. The highest BCUT2D eigenvalue weighted by molar-refractivity contribution is 5.69. The van der Waals surface area contributed by atoms with Crippen LogP contribution in [0.5, 0.6) is 0 Å². The second-order valence-corrected chi connectivity index (χ2v) is 4.31. The predicted octanol–water partition coefficient (Wildman–Crippen LogP) is 4.67. The van der Waals surface area contributed by atoms with Crippen LogP contribution < -0.4 is 0 Å². The van der Waals surface area contributed by atoms with Gasteiger partial charge >= 0.3 is 0 Å². The Morgan fingerprint density at radius 1 is 1.06 bits per heavy atom. The van der Waals surface area contributed by atoms with Crippen molar-refractivity contribution in [2.24, 2.45) is 0 Å². The Hall–Kier alpha value is -2.02. The fourth-order valence-electron chi connectivity index (χ4n) is 1.95. The van der Waals surface area contributed by atoms with Crippen LogP contribution in [0, 0.1) is 6.92 Å². The largest absolute Gasteiger partial charge is 0.494 e. The number of rotatable bonds is 4. The Kier molecular flexibility index (Phi) is 3.83. The normalized spacial score (nSPS) is 10.1. The van der Waals surface area contributed by atoms with E-state index in [1.54, 1.807) is 0 Å². The summed E-state index contributed by atoms with van der Waals surface area (Å²) in [4.78, 5) is 0. The van der Waals surface area contributed by atoms with Crippen molar-refractivity contribution in [2.75, 3.05) is 6.61 Å². The zero-order chi connectivity index (χ0) is 13.0. The third-order valence-electron chi connectivity index (χ3n) is 2.85. The van der Waals surface area contributed by atoms with E-state index >= 15 is 0 Å². The summed E-state index contributed by atoms with van der Waals surface area (Å²) in [5.41, 5.74) is 4.72. The van der Waals surface area contributed by atoms with Gasteiger partial charge in [0.25, 0.3) is 0 Å². The molecule has 2 aromatic rings. The maximum absolute atomic E-state index is 5.45. The monoisotopic (exact) mass is 238 g/mol.